The van der Waals surface area contributed by atoms with Gasteiger partial charge in [0.25, 0.3) is 0 Å². The smallest absolute Gasteiger partial charge is 0.227 e. The van der Waals surface area contributed by atoms with Gasteiger partial charge in [0.2, 0.25) is 5.95 Å². The summed E-state index contributed by atoms with van der Waals surface area (Å²) in [4.78, 5) is 16.4. The molecule has 118 valence electrons. The van der Waals surface area contributed by atoms with Gasteiger partial charge < -0.3 is 14.7 Å². The van der Waals surface area contributed by atoms with Crippen molar-refractivity contribution in [1.82, 2.24) is 14.9 Å². The molecule has 1 fully saturated rings. The zero-order valence-corrected chi connectivity index (χ0v) is 13.8. The minimum absolute atomic E-state index is 0.889. The third-order valence-corrected chi connectivity index (χ3v) is 4.04. The van der Waals surface area contributed by atoms with Crippen molar-refractivity contribution in [2.24, 2.45) is 0 Å². The van der Waals surface area contributed by atoms with E-state index in [2.05, 4.69) is 40.5 Å². The van der Waals surface area contributed by atoms with Crippen molar-refractivity contribution in [1.29, 1.82) is 0 Å². The molecule has 5 nitrogen and oxygen atoms in total. The molecule has 0 amide bonds. The molecule has 5 heteroatoms. The molecule has 2 rings (SSSR count). The van der Waals surface area contributed by atoms with E-state index in [1.807, 2.05) is 12.3 Å². The van der Waals surface area contributed by atoms with Gasteiger partial charge in [-0.15, -0.1) is 0 Å². The maximum atomic E-state index is 4.81. The summed E-state index contributed by atoms with van der Waals surface area (Å²) in [6.45, 7) is 14.2. The van der Waals surface area contributed by atoms with Crippen LogP contribution in [0, 0.1) is 0 Å². The van der Waals surface area contributed by atoms with Crippen LogP contribution in [0.4, 0.5) is 11.8 Å². The minimum atomic E-state index is 0.889. The number of rotatable bonds is 7. The summed E-state index contributed by atoms with van der Waals surface area (Å²) in [5.41, 5.74) is 0. The normalized spacial score (nSPS) is 16.2. The Morgan fingerprint density at radius 3 is 2.29 bits per heavy atom. The number of hydrogen-bond donors (Lipinski definition) is 0. The molecule has 0 saturated carbocycles. The lowest BCUT2D eigenvalue weighted by Gasteiger charge is -2.34. The van der Waals surface area contributed by atoms with E-state index in [4.69, 9.17) is 4.98 Å². The summed E-state index contributed by atoms with van der Waals surface area (Å²) in [5.74, 6) is 1.96. The summed E-state index contributed by atoms with van der Waals surface area (Å²) < 4.78 is 0. The van der Waals surface area contributed by atoms with Gasteiger partial charge in [0.15, 0.2) is 0 Å². The number of hydrogen-bond acceptors (Lipinski definition) is 5. The lowest BCUT2D eigenvalue weighted by atomic mass is 10.3. The van der Waals surface area contributed by atoms with Crippen LogP contribution in [0.2, 0.25) is 0 Å². The molecule has 1 aromatic heterocycles. The van der Waals surface area contributed by atoms with Crippen LogP contribution >= 0.6 is 0 Å². The molecule has 1 aliphatic rings. The van der Waals surface area contributed by atoms with E-state index in [0.29, 0.717) is 0 Å². The maximum absolute atomic E-state index is 4.81. The zero-order chi connectivity index (χ0) is 15.1. The van der Waals surface area contributed by atoms with Crippen molar-refractivity contribution in [3.8, 4) is 0 Å². The third-order valence-electron chi connectivity index (χ3n) is 4.04. The van der Waals surface area contributed by atoms with Crippen molar-refractivity contribution in [2.45, 2.75) is 33.6 Å². The number of likely N-dealkylation sites (N-methyl/N-ethyl adjacent to an activating group) is 1. The first-order valence-corrected chi connectivity index (χ1v) is 8.33. The minimum Gasteiger partial charge on any atom is -0.356 e. The molecular formula is C16H29N5. The van der Waals surface area contributed by atoms with Gasteiger partial charge >= 0.3 is 0 Å². The zero-order valence-electron chi connectivity index (χ0n) is 13.8. The average Bonchev–Trinajstić information content (AvgIpc) is 2.55. The van der Waals surface area contributed by atoms with Crippen molar-refractivity contribution >= 4 is 11.8 Å². The predicted molar refractivity (Wildman–Crippen MR) is 89.2 cm³/mol. The predicted octanol–water partition coefficient (Wildman–Crippen LogP) is 2.24. The first-order valence-electron chi connectivity index (χ1n) is 8.33. The number of anilines is 2. The molecule has 1 aliphatic heterocycles. The highest BCUT2D eigenvalue weighted by Gasteiger charge is 2.18. The number of aromatic nitrogens is 2. The highest BCUT2D eigenvalue weighted by molar-refractivity contribution is 5.44. The molecule has 1 saturated heterocycles. The van der Waals surface area contributed by atoms with Gasteiger partial charge in [-0.05, 0) is 25.5 Å². The van der Waals surface area contributed by atoms with Crippen LogP contribution in [0.1, 0.15) is 33.6 Å². The molecule has 2 heterocycles. The van der Waals surface area contributed by atoms with Gasteiger partial charge in [0, 0.05) is 45.5 Å². The van der Waals surface area contributed by atoms with Crippen molar-refractivity contribution in [2.75, 3.05) is 55.6 Å². The fourth-order valence-corrected chi connectivity index (χ4v) is 2.81. The average molecular weight is 291 g/mol. The molecule has 0 unspecified atom stereocenters. The van der Waals surface area contributed by atoms with Crippen LogP contribution in [0.15, 0.2) is 12.3 Å². The Labute approximate surface area is 129 Å². The van der Waals surface area contributed by atoms with Crippen LogP contribution in [0.25, 0.3) is 0 Å². The second-order valence-electron chi connectivity index (χ2n) is 5.62. The Bertz CT molecular complexity index is 409. The molecule has 1 aromatic rings. The summed E-state index contributed by atoms with van der Waals surface area (Å²) in [6.07, 6.45) is 4.20. The fraction of sp³-hybridized carbons (Fsp3) is 0.750. The molecule has 0 atom stereocenters. The summed E-state index contributed by atoms with van der Waals surface area (Å²) >= 11 is 0. The van der Waals surface area contributed by atoms with E-state index in [1.165, 1.54) is 0 Å². The van der Waals surface area contributed by atoms with E-state index in [1.54, 1.807) is 0 Å². The molecule has 21 heavy (non-hydrogen) atoms. The highest BCUT2D eigenvalue weighted by Crippen LogP contribution is 2.17. The summed E-state index contributed by atoms with van der Waals surface area (Å²) in [7, 11) is 0. The molecule has 0 aliphatic carbocycles. The topological polar surface area (TPSA) is 35.5 Å². The first-order chi connectivity index (χ1) is 10.3. The van der Waals surface area contributed by atoms with E-state index in [9.17, 15) is 0 Å². The van der Waals surface area contributed by atoms with Crippen LogP contribution < -0.4 is 9.80 Å². The van der Waals surface area contributed by atoms with Crippen molar-refractivity contribution in [3.05, 3.63) is 12.3 Å². The highest BCUT2D eigenvalue weighted by atomic mass is 15.3. The van der Waals surface area contributed by atoms with Gasteiger partial charge in [-0.2, -0.15) is 4.98 Å². The fourth-order valence-electron chi connectivity index (χ4n) is 2.81. The third kappa shape index (κ3) is 4.30. The van der Waals surface area contributed by atoms with Gasteiger partial charge in [-0.25, -0.2) is 4.98 Å². The number of nitrogens with zero attached hydrogens (tertiary/aromatic N) is 5. The van der Waals surface area contributed by atoms with Gasteiger partial charge in [-0.3, -0.25) is 0 Å². The largest absolute Gasteiger partial charge is 0.356 e. The van der Waals surface area contributed by atoms with Crippen molar-refractivity contribution in [3.63, 3.8) is 0 Å². The maximum Gasteiger partial charge on any atom is 0.227 e. The Morgan fingerprint density at radius 2 is 1.71 bits per heavy atom. The lowest BCUT2D eigenvalue weighted by Crippen LogP contribution is -2.46. The molecule has 0 N–H and O–H groups in total. The molecule has 0 spiro atoms. The van der Waals surface area contributed by atoms with Crippen LogP contribution in [0.5, 0.6) is 0 Å². The monoisotopic (exact) mass is 291 g/mol. The number of piperazine rings is 1. The molecular weight excluding hydrogens is 262 g/mol. The Morgan fingerprint density at radius 1 is 1.05 bits per heavy atom. The van der Waals surface area contributed by atoms with Gasteiger partial charge in [-0.1, -0.05) is 20.8 Å². The van der Waals surface area contributed by atoms with Crippen LogP contribution in [-0.4, -0.2) is 60.7 Å². The van der Waals surface area contributed by atoms with Gasteiger partial charge in [0.05, 0.1) is 0 Å². The SMILES string of the molecule is CCCN(CCC)c1ccnc(N2CCN(CC)CC2)n1. The van der Waals surface area contributed by atoms with Gasteiger partial charge in [0.1, 0.15) is 5.82 Å². The van der Waals surface area contributed by atoms with E-state index in [0.717, 1.165) is 70.4 Å². The lowest BCUT2D eigenvalue weighted by molar-refractivity contribution is 0.270. The van der Waals surface area contributed by atoms with E-state index < -0.39 is 0 Å². The quantitative estimate of drug-likeness (QED) is 0.770. The summed E-state index contributed by atoms with van der Waals surface area (Å²) in [5, 5.41) is 0. The second kappa shape index (κ2) is 8.17. The van der Waals surface area contributed by atoms with E-state index >= 15 is 0 Å². The summed E-state index contributed by atoms with van der Waals surface area (Å²) in [6, 6.07) is 2.04. The van der Waals surface area contributed by atoms with Crippen LogP contribution in [-0.2, 0) is 0 Å². The molecule has 0 radical (unpaired) electrons. The molecule has 0 aromatic carbocycles. The van der Waals surface area contributed by atoms with E-state index in [-0.39, 0.29) is 0 Å². The van der Waals surface area contributed by atoms with Crippen LogP contribution in [0.3, 0.4) is 0 Å². The Hall–Kier alpha value is -1.36. The first kappa shape index (κ1) is 16.0. The molecule has 0 bridgehead atoms. The second-order valence-corrected chi connectivity index (χ2v) is 5.62. The van der Waals surface area contributed by atoms with Crippen molar-refractivity contribution < 1.29 is 0 Å². The Balaban J connectivity index is 2.06. The Kier molecular flexibility index (Phi) is 6.23. The standard InChI is InChI=1S/C16H29N5/c1-4-9-20(10-5-2)15-7-8-17-16(18-15)21-13-11-19(6-3)12-14-21/h7-8H,4-6,9-14H2,1-3H3.